The molecule has 6 unspecified atom stereocenters. The summed E-state index contributed by atoms with van der Waals surface area (Å²) in [5.41, 5.74) is -0.766. The summed E-state index contributed by atoms with van der Waals surface area (Å²) in [6.07, 6.45) is -11.8. The molecule has 0 amide bonds. The lowest BCUT2D eigenvalue weighted by molar-refractivity contribution is -0.284. The van der Waals surface area contributed by atoms with Crippen LogP contribution in [0.15, 0.2) is 4.99 Å². The molecule has 0 bridgehead atoms. The number of nitrogens with zero attached hydrogens (tertiary/aromatic N) is 1. The highest BCUT2D eigenvalue weighted by molar-refractivity contribution is 8.14. The molecule has 0 saturated carbocycles. The largest absolute Gasteiger partial charge is 0.417 e. The molecule has 0 spiro atoms. The van der Waals surface area contributed by atoms with Crippen molar-refractivity contribution in [1.29, 1.82) is 0 Å². The van der Waals surface area contributed by atoms with Crippen LogP contribution in [0.2, 0.25) is 0 Å². The molecule has 0 aromatic heterocycles. The van der Waals surface area contributed by atoms with E-state index in [4.69, 9.17) is 4.74 Å². The van der Waals surface area contributed by atoms with Crippen molar-refractivity contribution in [2.75, 3.05) is 13.7 Å². The highest BCUT2D eigenvalue weighted by Gasteiger charge is 2.57. The fourth-order valence-electron chi connectivity index (χ4n) is 2.35. The Kier molecular flexibility index (Phi) is 5.03. The molecule has 2 heterocycles. The standard InChI is InChI=1S/C11H17F3N2O4S/c1-3-19-8(11(12,13)14)7-6(18)5(17)4-9(20-7)21-10(15-2)16-4/h4-9,17-18H,3H2,1-2H3,(H,15,16). The molecule has 21 heavy (non-hydrogen) atoms. The van der Waals surface area contributed by atoms with Gasteiger partial charge in [0.1, 0.15) is 23.7 Å². The van der Waals surface area contributed by atoms with Crippen LogP contribution in [-0.2, 0) is 9.47 Å². The highest BCUT2D eigenvalue weighted by atomic mass is 32.2. The van der Waals surface area contributed by atoms with Crippen LogP contribution >= 0.6 is 11.8 Å². The Bertz CT molecular complexity index is 409. The summed E-state index contributed by atoms with van der Waals surface area (Å²) in [6.45, 7) is 1.23. The van der Waals surface area contributed by atoms with Gasteiger partial charge in [-0.3, -0.25) is 4.99 Å². The molecule has 6 nitrogen and oxygen atoms in total. The highest BCUT2D eigenvalue weighted by Crippen LogP contribution is 2.38. The predicted octanol–water partition coefficient (Wildman–Crippen LogP) is 0.0913. The second kappa shape index (κ2) is 6.29. The van der Waals surface area contributed by atoms with Crippen molar-refractivity contribution < 1.29 is 32.9 Å². The number of halogens is 3. The molecule has 0 aliphatic carbocycles. The zero-order valence-electron chi connectivity index (χ0n) is 11.4. The number of aliphatic hydroxyl groups excluding tert-OH is 2. The summed E-state index contributed by atoms with van der Waals surface area (Å²) < 4.78 is 49.1. The molecule has 0 radical (unpaired) electrons. The molecule has 2 rings (SSSR count). The van der Waals surface area contributed by atoms with E-state index >= 15 is 0 Å². The normalized spacial score (nSPS) is 40.0. The summed E-state index contributed by atoms with van der Waals surface area (Å²) in [5.74, 6) is 0. The first kappa shape index (κ1) is 16.8. The lowest BCUT2D eigenvalue weighted by Crippen LogP contribution is -2.64. The van der Waals surface area contributed by atoms with Gasteiger partial charge in [0, 0.05) is 13.7 Å². The fraction of sp³-hybridized carbons (Fsp3) is 0.909. The Balaban J connectivity index is 2.21. The van der Waals surface area contributed by atoms with Gasteiger partial charge in [-0.1, -0.05) is 11.8 Å². The van der Waals surface area contributed by atoms with E-state index in [1.807, 2.05) is 0 Å². The second-order valence-electron chi connectivity index (χ2n) is 4.68. The maximum atomic E-state index is 13.0. The Morgan fingerprint density at radius 3 is 2.62 bits per heavy atom. The Morgan fingerprint density at radius 1 is 1.43 bits per heavy atom. The number of nitrogens with one attached hydrogen (secondary N) is 1. The number of aliphatic hydroxyl groups is 2. The average molecular weight is 330 g/mol. The summed E-state index contributed by atoms with van der Waals surface area (Å²) in [7, 11) is 1.51. The molecule has 2 aliphatic heterocycles. The van der Waals surface area contributed by atoms with Crippen LogP contribution in [0.3, 0.4) is 0 Å². The maximum absolute atomic E-state index is 13.0. The number of amidine groups is 1. The first-order valence-corrected chi connectivity index (χ1v) is 7.27. The minimum Gasteiger partial charge on any atom is -0.388 e. The zero-order chi connectivity index (χ0) is 15.8. The quantitative estimate of drug-likeness (QED) is 0.680. The molecule has 122 valence electrons. The van der Waals surface area contributed by atoms with Gasteiger partial charge in [0.05, 0.1) is 6.04 Å². The van der Waals surface area contributed by atoms with Crippen molar-refractivity contribution in [2.45, 2.75) is 49.0 Å². The van der Waals surface area contributed by atoms with Gasteiger partial charge in [-0.2, -0.15) is 13.2 Å². The van der Waals surface area contributed by atoms with Gasteiger partial charge in [0.2, 0.25) is 0 Å². The smallest absolute Gasteiger partial charge is 0.388 e. The Morgan fingerprint density at radius 2 is 2.10 bits per heavy atom. The van der Waals surface area contributed by atoms with Crippen LogP contribution in [0.25, 0.3) is 0 Å². The van der Waals surface area contributed by atoms with Gasteiger partial charge in [0.25, 0.3) is 0 Å². The van der Waals surface area contributed by atoms with Crippen molar-refractivity contribution in [2.24, 2.45) is 4.99 Å². The number of hydrogen-bond acceptors (Lipinski definition) is 6. The van der Waals surface area contributed by atoms with Crippen LogP contribution in [0.5, 0.6) is 0 Å². The van der Waals surface area contributed by atoms with E-state index in [9.17, 15) is 23.4 Å². The van der Waals surface area contributed by atoms with Gasteiger partial charge < -0.3 is 25.0 Å². The number of hydrogen-bond donors (Lipinski definition) is 3. The molecule has 2 fully saturated rings. The molecule has 2 saturated heterocycles. The summed E-state index contributed by atoms with van der Waals surface area (Å²) in [5, 5.41) is 23.2. The van der Waals surface area contributed by atoms with Crippen molar-refractivity contribution in [3.63, 3.8) is 0 Å². The number of alkyl halides is 3. The third-order valence-corrected chi connectivity index (χ3v) is 4.49. The minimum absolute atomic E-state index is 0.186. The first-order chi connectivity index (χ1) is 9.79. The maximum Gasteiger partial charge on any atom is 0.417 e. The van der Waals surface area contributed by atoms with Crippen LogP contribution in [0, 0.1) is 0 Å². The van der Waals surface area contributed by atoms with Gasteiger partial charge in [-0.25, -0.2) is 0 Å². The third-order valence-electron chi connectivity index (χ3n) is 3.33. The first-order valence-electron chi connectivity index (χ1n) is 6.39. The van der Waals surface area contributed by atoms with E-state index in [1.54, 1.807) is 0 Å². The van der Waals surface area contributed by atoms with Crippen molar-refractivity contribution in [3.05, 3.63) is 0 Å². The van der Waals surface area contributed by atoms with Gasteiger partial charge in [0.15, 0.2) is 11.3 Å². The Hall–Kier alpha value is -0.550. The zero-order valence-corrected chi connectivity index (χ0v) is 12.2. The molecule has 0 aromatic rings. The van der Waals surface area contributed by atoms with Crippen molar-refractivity contribution >= 4 is 16.9 Å². The Labute approximate surface area is 123 Å². The second-order valence-corrected chi connectivity index (χ2v) is 5.77. The molecule has 10 heteroatoms. The van der Waals surface area contributed by atoms with Gasteiger partial charge in [-0.15, -0.1) is 0 Å². The predicted molar refractivity (Wildman–Crippen MR) is 70.0 cm³/mol. The summed E-state index contributed by atoms with van der Waals surface area (Å²) in [6, 6.07) is -0.713. The van der Waals surface area contributed by atoms with E-state index < -0.39 is 42.1 Å². The number of thioether (sulfide) groups is 1. The van der Waals surface area contributed by atoms with Crippen molar-refractivity contribution in [1.82, 2.24) is 5.32 Å². The number of ether oxygens (including phenoxy) is 2. The number of rotatable bonds is 3. The van der Waals surface area contributed by atoms with E-state index in [-0.39, 0.29) is 6.61 Å². The molecular weight excluding hydrogens is 313 g/mol. The lowest BCUT2D eigenvalue weighted by atomic mass is 9.94. The number of fused-ring (bicyclic) bond motifs is 1. The summed E-state index contributed by atoms with van der Waals surface area (Å²) >= 11 is 1.07. The minimum atomic E-state index is -4.70. The topological polar surface area (TPSA) is 83.3 Å². The molecular formula is C11H17F3N2O4S. The molecule has 2 aliphatic rings. The summed E-state index contributed by atoms with van der Waals surface area (Å²) in [4.78, 5) is 3.87. The molecule has 6 atom stereocenters. The third kappa shape index (κ3) is 3.29. The van der Waals surface area contributed by atoms with Gasteiger partial charge in [-0.05, 0) is 6.92 Å². The van der Waals surface area contributed by atoms with Crippen LogP contribution in [-0.4, -0.2) is 71.1 Å². The van der Waals surface area contributed by atoms with Crippen LogP contribution in [0.1, 0.15) is 6.92 Å². The average Bonchev–Trinajstić information content (AvgIpc) is 2.82. The lowest BCUT2D eigenvalue weighted by Gasteiger charge is -2.42. The van der Waals surface area contributed by atoms with Crippen molar-refractivity contribution in [3.8, 4) is 0 Å². The SMILES string of the molecule is CCOC(C1OC2SC(=NC)NC2C(O)C1O)C(F)(F)F. The van der Waals surface area contributed by atoms with E-state index in [0.717, 1.165) is 11.8 Å². The van der Waals surface area contributed by atoms with Gasteiger partial charge >= 0.3 is 6.18 Å². The molecule has 0 aromatic carbocycles. The van der Waals surface area contributed by atoms with E-state index in [2.05, 4.69) is 15.0 Å². The number of aliphatic imine (C=N–C) groups is 1. The fourth-order valence-corrected chi connectivity index (χ4v) is 3.44. The molecule has 3 N–H and O–H groups in total. The van der Waals surface area contributed by atoms with E-state index in [1.165, 1.54) is 14.0 Å². The monoisotopic (exact) mass is 330 g/mol. The van der Waals surface area contributed by atoms with E-state index in [0.29, 0.717) is 5.17 Å². The van der Waals surface area contributed by atoms with Crippen LogP contribution in [0.4, 0.5) is 13.2 Å². The van der Waals surface area contributed by atoms with Crippen LogP contribution < -0.4 is 5.32 Å².